The van der Waals surface area contributed by atoms with Crippen LogP contribution in [0, 0.1) is 11.6 Å². The number of halogens is 2. The number of furan rings is 1. The van der Waals surface area contributed by atoms with Gasteiger partial charge in [-0.15, -0.1) is 0 Å². The third kappa shape index (κ3) is 2.89. The Morgan fingerprint density at radius 3 is 2.24 bits per heavy atom. The minimum absolute atomic E-state index is 0.201. The van der Waals surface area contributed by atoms with Crippen LogP contribution in [0.3, 0.4) is 0 Å². The number of benzene rings is 3. The summed E-state index contributed by atoms with van der Waals surface area (Å²) < 4.78 is 32.9. The molecule has 0 saturated heterocycles. The van der Waals surface area contributed by atoms with Crippen molar-refractivity contribution >= 4 is 33.3 Å². The van der Waals surface area contributed by atoms with E-state index in [0.29, 0.717) is 0 Å². The number of fused-ring (bicyclic) bond motifs is 3. The van der Waals surface area contributed by atoms with Crippen molar-refractivity contribution in [1.29, 1.82) is 0 Å². The minimum atomic E-state index is -0.450. The molecule has 1 aromatic heterocycles. The van der Waals surface area contributed by atoms with Gasteiger partial charge in [-0.05, 0) is 54.6 Å². The number of anilines is 2. The lowest BCUT2D eigenvalue weighted by Crippen LogP contribution is -2.02. The van der Waals surface area contributed by atoms with Gasteiger partial charge in [0.25, 0.3) is 0 Å². The number of hydrogen-bond acceptors (Lipinski definition) is 3. The van der Waals surface area contributed by atoms with Gasteiger partial charge in [0.2, 0.25) is 0 Å². The Bertz CT molecular complexity index is 1070. The quantitative estimate of drug-likeness (QED) is 0.514. The molecule has 126 valence electrons. The van der Waals surface area contributed by atoms with Crippen LogP contribution in [-0.2, 0) is 6.54 Å². The maximum Gasteiger partial charge on any atom is 0.135 e. The van der Waals surface area contributed by atoms with Crippen LogP contribution >= 0.6 is 0 Å². The third-order valence-electron chi connectivity index (χ3n) is 4.25. The predicted octanol–water partition coefficient (Wildman–Crippen LogP) is 5.52. The summed E-state index contributed by atoms with van der Waals surface area (Å²) in [6, 6.07) is 15.1. The normalized spacial score (nSPS) is 11.2. The van der Waals surface area contributed by atoms with E-state index in [0.717, 1.165) is 45.4 Å². The summed E-state index contributed by atoms with van der Waals surface area (Å²) in [6.07, 6.45) is 0. The molecule has 25 heavy (non-hydrogen) atoms. The summed E-state index contributed by atoms with van der Waals surface area (Å²) in [5.74, 6) is -0.878. The third-order valence-corrected chi connectivity index (χ3v) is 4.25. The molecule has 0 spiro atoms. The van der Waals surface area contributed by atoms with Crippen LogP contribution in [0.4, 0.5) is 20.2 Å². The Kier molecular flexibility index (Phi) is 3.76. The standard InChI is InChI=1S/C20H16F2N2O/c1-23-14-3-6-19-16(9-14)17-10-15(4-7-20(17)25-19)24-11-12-8-13(21)2-5-18(12)22/h2-10,23-24H,11H2,1H3. The molecule has 4 rings (SSSR count). The second-order valence-electron chi connectivity index (χ2n) is 5.86. The number of nitrogens with one attached hydrogen (secondary N) is 2. The van der Waals surface area contributed by atoms with E-state index in [2.05, 4.69) is 10.6 Å². The average molecular weight is 338 g/mol. The Hall–Kier alpha value is -3.08. The highest BCUT2D eigenvalue weighted by Gasteiger charge is 2.09. The first kappa shape index (κ1) is 15.4. The molecule has 0 bridgehead atoms. The fraction of sp³-hybridized carbons (Fsp3) is 0.100. The highest BCUT2D eigenvalue weighted by Crippen LogP contribution is 2.32. The summed E-state index contributed by atoms with van der Waals surface area (Å²) in [6.45, 7) is 0.201. The molecule has 5 heteroatoms. The fourth-order valence-electron chi connectivity index (χ4n) is 2.92. The Morgan fingerprint density at radius 2 is 1.52 bits per heavy atom. The minimum Gasteiger partial charge on any atom is -0.456 e. The SMILES string of the molecule is CNc1ccc2oc3ccc(NCc4cc(F)ccc4F)cc3c2c1. The van der Waals surface area contributed by atoms with Crippen molar-refractivity contribution in [3.8, 4) is 0 Å². The van der Waals surface area contributed by atoms with Gasteiger partial charge in [0.1, 0.15) is 22.8 Å². The maximum absolute atomic E-state index is 13.7. The van der Waals surface area contributed by atoms with E-state index in [-0.39, 0.29) is 12.1 Å². The Labute approximate surface area is 143 Å². The van der Waals surface area contributed by atoms with Gasteiger partial charge in [-0.2, -0.15) is 0 Å². The van der Waals surface area contributed by atoms with Crippen molar-refractivity contribution in [1.82, 2.24) is 0 Å². The summed E-state index contributed by atoms with van der Waals surface area (Å²) in [5.41, 5.74) is 3.69. The van der Waals surface area contributed by atoms with Crippen LogP contribution in [0.25, 0.3) is 21.9 Å². The molecule has 0 radical (unpaired) electrons. The molecule has 0 aliphatic heterocycles. The molecule has 0 aliphatic carbocycles. The lowest BCUT2D eigenvalue weighted by molar-refractivity contribution is 0.587. The molecular formula is C20H16F2N2O. The molecule has 0 amide bonds. The molecule has 0 unspecified atom stereocenters. The first-order valence-electron chi connectivity index (χ1n) is 7.96. The molecule has 3 aromatic carbocycles. The first-order chi connectivity index (χ1) is 12.1. The molecule has 0 saturated carbocycles. The molecule has 0 fully saturated rings. The monoisotopic (exact) mass is 338 g/mol. The van der Waals surface area contributed by atoms with E-state index >= 15 is 0 Å². The van der Waals surface area contributed by atoms with Crippen molar-refractivity contribution in [2.24, 2.45) is 0 Å². The highest BCUT2D eigenvalue weighted by atomic mass is 19.1. The molecule has 0 atom stereocenters. The van der Waals surface area contributed by atoms with Crippen molar-refractivity contribution in [3.63, 3.8) is 0 Å². The second kappa shape index (κ2) is 6.09. The zero-order valence-corrected chi connectivity index (χ0v) is 13.6. The van der Waals surface area contributed by atoms with E-state index < -0.39 is 11.6 Å². The van der Waals surface area contributed by atoms with Gasteiger partial charge in [0.15, 0.2) is 0 Å². The van der Waals surface area contributed by atoms with Gasteiger partial charge < -0.3 is 15.1 Å². The molecule has 4 aromatic rings. The summed E-state index contributed by atoms with van der Waals surface area (Å²) in [4.78, 5) is 0. The Balaban J connectivity index is 1.68. The first-order valence-corrected chi connectivity index (χ1v) is 7.96. The van der Waals surface area contributed by atoms with Crippen LogP contribution in [0.5, 0.6) is 0 Å². The van der Waals surface area contributed by atoms with Crippen LogP contribution < -0.4 is 10.6 Å². The fourth-order valence-corrected chi connectivity index (χ4v) is 2.92. The zero-order valence-electron chi connectivity index (χ0n) is 13.6. The van der Waals surface area contributed by atoms with Gasteiger partial charge in [-0.3, -0.25) is 0 Å². The topological polar surface area (TPSA) is 37.2 Å². The molecular weight excluding hydrogens is 322 g/mol. The summed E-state index contributed by atoms with van der Waals surface area (Å²) in [7, 11) is 1.87. The maximum atomic E-state index is 13.7. The lowest BCUT2D eigenvalue weighted by Gasteiger charge is -2.08. The van der Waals surface area contributed by atoms with Crippen molar-refractivity contribution in [2.75, 3.05) is 17.7 Å². The van der Waals surface area contributed by atoms with E-state index in [9.17, 15) is 8.78 Å². The van der Waals surface area contributed by atoms with Crippen LogP contribution in [-0.4, -0.2) is 7.05 Å². The summed E-state index contributed by atoms with van der Waals surface area (Å²) in [5, 5.41) is 8.22. The predicted molar refractivity (Wildman–Crippen MR) is 97.0 cm³/mol. The lowest BCUT2D eigenvalue weighted by atomic mass is 10.1. The smallest absolute Gasteiger partial charge is 0.135 e. The van der Waals surface area contributed by atoms with E-state index in [1.807, 2.05) is 43.4 Å². The largest absolute Gasteiger partial charge is 0.456 e. The van der Waals surface area contributed by atoms with Gasteiger partial charge in [0, 0.05) is 41.3 Å². The molecule has 2 N–H and O–H groups in total. The van der Waals surface area contributed by atoms with Gasteiger partial charge in [0.05, 0.1) is 0 Å². The van der Waals surface area contributed by atoms with Crippen LogP contribution in [0.15, 0.2) is 59.0 Å². The van der Waals surface area contributed by atoms with Gasteiger partial charge in [-0.25, -0.2) is 8.78 Å². The Morgan fingerprint density at radius 1 is 0.840 bits per heavy atom. The van der Waals surface area contributed by atoms with Crippen LogP contribution in [0.1, 0.15) is 5.56 Å². The summed E-state index contributed by atoms with van der Waals surface area (Å²) >= 11 is 0. The van der Waals surface area contributed by atoms with Gasteiger partial charge in [-0.1, -0.05) is 0 Å². The van der Waals surface area contributed by atoms with E-state index in [4.69, 9.17) is 4.42 Å². The average Bonchev–Trinajstić information content (AvgIpc) is 2.99. The zero-order chi connectivity index (χ0) is 17.4. The van der Waals surface area contributed by atoms with E-state index in [1.54, 1.807) is 0 Å². The number of rotatable bonds is 4. The van der Waals surface area contributed by atoms with Crippen molar-refractivity contribution < 1.29 is 13.2 Å². The molecule has 3 nitrogen and oxygen atoms in total. The van der Waals surface area contributed by atoms with Gasteiger partial charge >= 0.3 is 0 Å². The molecule has 1 heterocycles. The van der Waals surface area contributed by atoms with Crippen molar-refractivity contribution in [2.45, 2.75) is 6.54 Å². The second-order valence-corrected chi connectivity index (χ2v) is 5.86. The molecule has 0 aliphatic rings. The van der Waals surface area contributed by atoms with Crippen molar-refractivity contribution in [3.05, 3.63) is 71.8 Å². The highest BCUT2D eigenvalue weighted by molar-refractivity contribution is 6.07. The van der Waals surface area contributed by atoms with Crippen LogP contribution in [0.2, 0.25) is 0 Å². The van der Waals surface area contributed by atoms with E-state index in [1.165, 1.54) is 6.07 Å². The number of hydrogen-bond donors (Lipinski definition) is 2.